The van der Waals surface area contributed by atoms with Crippen LogP contribution in [0.15, 0.2) is 59.0 Å². The largest absolute Gasteiger partial charge is 0.225 e. The van der Waals surface area contributed by atoms with Gasteiger partial charge in [-0.3, -0.25) is 0 Å². The molecule has 1 atom stereocenters. The Morgan fingerprint density at radius 3 is 2.27 bits per heavy atom. The van der Waals surface area contributed by atoms with E-state index in [9.17, 15) is 0 Å². The van der Waals surface area contributed by atoms with E-state index in [1.165, 1.54) is 28.8 Å². The van der Waals surface area contributed by atoms with Crippen LogP contribution in [0.4, 0.5) is 0 Å². The van der Waals surface area contributed by atoms with E-state index in [-0.39, 0.29) is 0 Å². The van der Waals surface area contributed by atoms with Crippen LogP contribution in [0.2, 0.25) is 0 Å². The Balaban J connectivity index is 2.00. The van der Waals surface area contributed by atoms with E-state index in [4.69, 9.17) is 0 Å². The van der Waals surface area contributed by atoms with E-state index in [0.29, 0.717) is 5.92 Å². The highest BCUT2D eigenvalue weighted by Crippen LogP contribution is 2.21. The Morgan fingerprint density at radius 1 is 1.00 bits per heavy atom. The molecule has 0 radical (unpaired) electrons. The molecule has 0 aliphatic heterocycles. The van der Waals surface area contributed by atoms with Gasteiger partial charge in [-0.25, -0.2) is 4.40 Å². The standard InChI is InChI=1S/C20H25NS/c1-4-14-22-21-17(3)16(2)20-12-10-19(11-13-20)15-18-8-6-5-7-9-18/h5-13,16H,4,14-15H2,1-3H3/b21-17+. The Labute approximate surface area is 139 Å². The van der Waals surface area contributed by atoms with Crippen molar-refractivity contribution in [2.45, 2.75) is 39.5 Å². The number of hydrogen-bond donors (Lipinski definition) is 0. The first-order chi connectivity index (χ1) is 10.7. The van der Waals surface area contributed by atoms with Crippen molar-refractivity contribution in [3.63, 3.8) is 0 Å². The van der Waals surface area contributed by atoms with Crippen LogP contribution in [0.5, 0.6) is 0 Å². The summed E-state index contributed by atoms with van der Waals surface area (Å²) in [5.74, 6) is 1.48. The summed E-state index contributed by atoms with van der Waals surface area (Å²) in [6.07, 6.45) is 2.17. The zero-order chi connectivity index (χ0) is 15.8. The Bertz CT molecular complexity index is 587. The quantitative estimate of drug-likeness (QED) is 0.352. The first kappa shape index (κ1) is 16.8. The van der Waals surface area contributed by atoms with E-state index >= 15 is 0 Å². The van der Waals surface area contributed by atoms with Crippen molar-refractivity contribution >= 4 is 17.7 Å². The topological polar surface area (TPSA) is 12.4 Å². The lowest BCUT2D eigenvalue weighted by molar-refractivity contribution is 1.01. The van der Waals surface area contributed by atoms with Gasteiger partial charge in [-0.15, -0.1) is 0 Å². The van der Waals surface area contributed by atoms with E-state index in [1.54, 1.807) is 11.9 Å². The fourth-order valence-corrected chi connectivity index (χ4v) is 2.95. The Morgan fingerprint density at radius 2 is 1.64 bits per heavy atom. The van der Waals surface area contributed by atoms with Crippen LogP contribution in [0.1, 0.15) is 49.8 Å². The lowest BCUT2D eigenvalue weighted by atomic mass is 9.95. The van der Waals surface area contributed by atoms with Crippen molar-refractivity contribution < 1.29 is 0 Å². The predicted octanol–water partition coefficient (Wildman–Crippen LogP) is 5.90. The summed E-state index contributed by atoms with van der Waals surface area (Å²) < 4.78 is 4.61. The van der Waals surface area contributed by atoms with Gasteiger partial charge >= 0.3 is 0 Å². The molecule has 0 aromatic heterocycles. The Hall–Kier alpha value is -1.54. The molecule has 0 N–H and O–H groups in total. The third kappa shape index (κ3) is 5.03. The van der Waals surface area contributed by atoms with E-state index in [2.05, 4.69) is 79.8 Å². The lowest BCUT2D eigenvalue weighted by Crippen LogP contribution is -2.04. The Kier molecular flexibility index (Phi) is 6.73. The van der Waals surface area contributed by atoms with Crippen LogP contribution < -0.4 is 0 Å². The van der Waals surface area contributed by atoms with Crippen molar-refractivity contribution in [3.05, 3.63) is 71.3 Å². The summed E-state index contributed by atoms with van der Waals surface area (Å²) in [5, 5.41) is 0. The van der Waals surface area contributed by atoms with Gasteiger partial charge in [0.05, 0.1) is 0 Å². The molecule has 0 bridgehead atoms. The van der Waals surface area contributed by atoms with Crippen molar-refractivity contribution in [2.24, 2.45) is 4.40 Å². The van der Waals surface area contributed by atoms with Gasteiger partial charge in [0.1, 0.15) is 0 Å². The molecule has 0 amide bonds. The molecular weight excluding hydrogens is 286 g/mol. The minimum atomic E-state index is 0.384. The molecular formula is C20H25NS. The molecule has 0 fully saturated rings. The highest BCUT2D eigenvalue weighted by molar-refractivity contribution is 7.98. The van der Waals surface area contributed by atoms with Crippen molar-refractivity contribution in [1.29, 1.82) is 0 Å². The van der Waals surface area contributed by atoms with Gasteiger partial charge in [-0.2, -0.15) is 0 Å². The fraction of sp³-hybridized carbons (Fsp3) is 0.350. The van der Waals surface area contributed by atoms with E-state index in [0.717, 1.165) is 12.2 Å². The van der Waals surface area contributed by atoms with Gasteiger partial charge in [0.2, 0.25) is 0 Å². The second-order valence-corrected chi connectivity index (χ2v) is 6.54. The number of hydrogen-bond acceptors (Lipinski definition) is 2. The normalized spacial score (nSPS) is 13.1. The van der Waals surface area contributed by atoms with Crippen LogP contribution >= 0.6 is 11.9 Å². The van der Waals surface area contributed by atoms with Gasteiger partial charge in [-0.1, -0.05) is 68.4 Å². The average molecular weight is 311 g/mol. The molecule has 0 spiro atoms. The van der Waals surface area contributed by atoms with Crippen molar-refractivity contribution in [3.8, 4) is 0 Å². The monoisotopic (exact) mass is 311 g/mol. The zero-order valence-electron chi connectivity index (χ0n) is 13.8. The molecule has 2 rings (SSSR count). The molecule has 0 aliphatic carbocycles. The van der Waals surface area contributed by atoms with Gasteiger partial charge < -0.3 is 0 Å². The van der Waals surface area contributed by atoms with Gasteiger partial charge in [-0.05, 0) is 48.4 Å². The first-order valence-corrected chi connectivity index (χ1v) is 8.94. The van der Waals surface area contributed by atoms with E-state index < -0.39 is 0 Å². The average Bonchev–Trinajstić information content (AvgIpc) is 2.56. The molecule has 0 saturated heterocycles. The second kappa shape index (κ2) is 8.79. The third-order valence-corrected chi connectivity index (χ3v) is 4.87. The number of rotatable bonds is 7. The van der Waals surface area contributed by atoms with Crippen LogP contribution in [-0.4, -0.2) is 11.5 Å². The lowest BCUT2D eigenvalue weighted by Gasteiger charge is -2.12. The summed E-state index contributed by atoms with van der Waals surface area (Å²) in [5.41, 5.74) is 5.26. The SMILES string of the molecule is CCCS/N=C(\C)C(C)c1ccc(Cc2ccccc2)cc1. The summed E-state index contributed by atoms with van der Waals surface area (Å²) in [7, 11) is 0. The third-order valence-electron chi connectivity index (χ3n) is 3.86. The fourth-order valence-electron chi connectivity index (χ4n) is 2.31. The molecule has 0 aliphatic rings. The van der Waals surface area contributed by atoms with Crippen LogP contribution in [0, 0.1) is 0 Å². The van der Waals surface area contributed by atoms with E-state index in [1.807, 2.05) is 0 Å². The molecule has 1 unspecified atom stereocenters. The highest BCUT2D eigenvalue weighted by Gasteiger charge is 2.09. The zero-order valence-corrected chi connectivity index (χ0v) is 14.6. The van der Waals surface area contributed by atoms with Crippen LogP contribution in [0.3, 0.4) is 0 Å². The highest BCUT2D eigenvalue weighted by atomic mass is 32.2. The van der Waals surface area contributed by atoms with Crippen molar-refractivity contribution in [2.75, 3.05) is 5.75 Å². The first-order valence-electron chi connectivity index (χ1n) is 8.00. The maximum absolute atomic E-state index is 4.61. The molecule has 2 aromatic rings. The predicted molar refractivity (Wildman–Crippen MR) is 100.0 cm³/mol. The molecule has 116 valence electrons. The van der Waals surface area contributed by atoms with Crippen molar-refractivity contribution in [1.82, 2.24) is 0 Å². The van der Waals surface area contributed by atoms with Crippen LogP contribution in [-0.2, 0) is 6.42 Å². The maximum atomic E-state index is 4.61. The summed E-state index contributed by atoms with van der Waals surface area (Å²) in [6.45, 7) is 6.55. The minimum absolute atomic E-state index is 0.384. The summed E-state index contributed by atoms with van der Waals surface area (Å²) >= 11 is 1.68. The molecule has 22 heavy (non-hydrogen) atoms. The summed E-state index contributed by atoms with van der Waals surface area (Å²) in [6, 6.07) is 19.6. The van der Waals surface area contributed by atoms with Crippen LogP contribution in [0.25, 0.3) is 0 Å². The molecule has 1 nitrogen and oxygen atoms in total. The maximum Gasteiger partial charge on any atom is 0.0303 e. The van der Waals surface area contributed by atoms with Gasteiger partial charge in [0, 0.05) is 17.4 Å². The molecule has 2 aromatic carbocycles. The molecule has 0 saturated carbocycles. The van der Waals surface area contributed by atoms with Gasteiger partial charge in [0.15, 0.2) is 0 Å². The molecule has 0 heterocycles. The summed E-state index contributed by atoms with van der Waals surface area (Å²) in [4.78, 5) is 0. The second-order valence-electron chi connectivity index (χ2n) is 5.69. The number of benzene rings is 2. The van der Waals surface area contributed by atoms with Gasteiger partial charge in [0.25, 0.3) is 0 Å². The molecule has 2 heteroatoms. The minimum Gasteiger partial charge on any atom is -0.225 e. The number of nitrogens with zero attached hydrogens (tertiary/aromatic N) is 1. The smallest absolute Gasteiger partial charge is 0.0303 e.